The van der Waals surface area contributed by atoms with Crippen LogP contribution in [0.4, 0.5) is 0 Å². The highest BCUT2D eigenvalue weighted by Crippen LogP contribution is 2.27. The Morgan fingerprint density at radius 1 is 1.12 bits per heavy atom. The molecule has 184 valence electrons. The quantitative estimate of drug-likeness (QED) is 0.422. The number of carbonyl (C=O) groups is 1. The number of halogens is 2. The minimum Gasteiger partial charge on any atom is -0.319 e. The molecule has 10 heteroatoms. The highest BCUT2D eigenvalue weighted by Gasteiger charge is 2.39. The molecule has 1 aliphatic rings. The van der Waals surface area contributed by atoms with E-state index in [2.05, 4.69) is 10.4 Å². The Bertz CT molecular complexity index is 1360. The number of rotatable bonds is 6. The van der Waals surface area contributed by atoms with E-state index in [4.69, 9.17) is 11.6 Å². The van der Waals surface area contributed by atoms with Crippen LogP contribution in [0.5, 0.6) is 0 Å². The van der Waals surface area contributed by atoms with Crippen LogP contribution in [-0.2, 0) is 28.2 Å². The molecule has 34 heavy (non-hydrogen) atoms. The maximum absolute atomic E-state index is 13.5. The van der Waals surface area contributed by atoms with Gasteiger partial charge in [-0.25, -0.2) is 13.2 Å². The van der Waals surface area contributed by atoms with E-state index >= 15 is 0 Å². The summed E-state index contributed by atoms with van der Waals surface area (Å²) in [5.74, 6) is -0.178. The van der Waals surface area contributed by atoms with Crippen LogP contribution < -0.4 is 4.80 Å². The average molecular weight is 544 g/mol. The predicted octanol–water partition coefficient (Wildman–Crippen LogP) is 4.74. The van der Waals surface area contributed by atoms with E-state index in [9.17, 15) is 13.2 Å². The van der Waals surface area contributed by atoms with Crippen LogP contribution in [0.1, 0.15) is 31.4 Å². The molecule has 4 rings (SSSR count). The number of aromatic nitrogens is 1. The molecule has 0 unspecified atom stereocenters. The molecule has 1 amide bonds. The molecule has 0 atom stereocenters. The van der Waals surface area contributed by atoms with Crippen molar-refractivity contribution < 1.29 is 17.7 Å². The van der Waals surface area contributed by atoms with E-state index in [1.807, 2.05) is 23.7 Å². The zero-order valence-corrected chi connectivity index (χ0v) is 22.6. The summed E-state index contributed by atoms with van der Waals surface area (Å²) in [4.78, 5) is 18.9. The lowest BCUT2D eigenvalue weighted by Gasteiger charge is -2.39. The van der Waals surface area contributed by atoms with E-state index in [1.165, 1.54) is 0 Å². The van der Waals surface area contributed by atoms with Gasteiger partial charge < -0.3 is 4.57 Å². The molecule has 1 aromatic heterocycles. The average Bonchev–Trinajstić information content (AvgIpc) is 3.16. The van der Waals surface area contributed by atoms with Crippen LogP contribution in [0.25, 0.3) is 10.8 Å². The lowest BCUT2D eigenvalue weighted by atomic mass is 10.1. The van der Waals surface area contributed by atoms with Gasteiger partial charge in [0.15, 0.2) is 14.6 Å². The van der Waals surface area contributed by atoms with Gasteiger partial charge in [0.2, 0.25) is 0 Å². The lowest BCUT2D eigenvalue weighted by molar-refractivity contribution is -0.873. The molecular weight excluding hydrogens is 513 g/mol. The van der Waals surface area contributed by atoms with Crippen LogP contribution in [0.15, 0.2) is 51.7 Å². The van der Waals surface area contributed by atoms with Crippen LogP contribution in [-0.4, -0.2) is 49.3 Å². The summed E-state index contributed by atoms with van der Waals surface area (Å²) in [5, 5.41) is 4.37. The molecule has 0 radical (unpaired) electrons. The standard InChI is InChI=1S/C24H29ClN3O3S2.ClH/c1-26-24-27(2)21(17-32-24)16-28(11-4-3-5-12-28)23(29)10-13-33(30,31)22-9-7-18-14-20(25)8-6-19(18)15-22;/h6-9,14-15,17H,3-5,10-13,16H2,1-2H3;1H/q+1;. The van der Waals surface area contributed by atoms with Gasteiger partial charge in [-0.05, 0) is 54.3 Å². The third kappa shape index (κ3) is 5.57. The Morgan fingerprint density at radius 2 is 1.79 bits per heavy atom. The number of amides is 1. The fourth-order valence-electron chi connectivity index (χ4n) is 4.64. The molecule has 1 aliphatic heterocycles. The van der Waals surface area contributed by atoms with Crippen molar-refractivity contribution in [2.24, 2.45) is 12.0 Å². The molecule has 3 aromatic rings. The van der Waals surface area contributed by atoms with Crippen molar-refractivity contribution in [3.63, 3.8) is 0 Å². The first kappa shape index (κ1) is 26.9. The van der Waals surface area contributed by atoms with Gasteiger partial charge in [0.05, 0.1) is 35.9 Å². The highest BCUT2D eigenvalue weighted by atomic mass is 35.5. The number of thiazole rings is 1. The van der Waals surface area contributed by atoms with Crippen molar-refractivity contribution >= 4 is 61.9 Å². The van der Waals surface area contributed by atoms with Crippen molar-refractivity contribution in [3.05, 3.63) is 57.3 Å². The number of quaternary nitrogens is 1. The van der Waals surface area contributed by atoms with Crippen LogP contribution >= 0.6 is 35.3 Å². The zero-order valence-electron chi connectivity index (χ0n) is 19.4. The third-order valence-electron chi connectivity index (χ3n) is 6.59. The Balaban J connectivity index is 0.00000324. The number of likely N-dealkylation sites (tertiary alicyclic amines) is 1. The van der Waals surface area contributed by atoms with Crippen molar-refractivity contribution in [1.82, 2.24) is 4.57 Å². The fraction of sp³-hybridized carbons (Fsp3) is 0.417. The smallest absolute Gasteiger partial charge is 0.315 e. The van der Waals surface area contributed by atoms with E-state index in [0.29, 0.717) is 16.1 Å². The molecule has 0 bridgehead atoms. The second-order valence-corrected chi connectivity index (χ2v) is 12.1. The first-order valence-corrected chi connectivity index (χ1v) is 14.0. The number of benzene rings is 2. The van der Waals surface area contributed by atoms with Gasteiger partial charge in [-0.3, -0.25) is 9.48 Å². The second kappa shape index (κ2) is 10.9. The molecule has 0 spiro atoms. The Morgan fingerprint density at radius 3 is 2.47 bits per heavy atom. The Labute approximate surface area is 215 Å². The molecule has 0 saturated carbocycles. The summed E-state index contributed by atoms with van der Waals surface area (Å²) >= 11 is 7.60. The minimum absolute atomic E-state index is 0. The van der Waals surface area contributed by atoms with Gasteiger partial charge in [0, 0.05) is 24.5 Å². The SMILES string of the molecule is CN=c1scc(C[N+]2(C(=O)CCS(=O)(=O)c3ccc4cc(Cl)ccc4c3)CCCCC2)n1C.Cl. The summed E-state index contributed by atoms with van der Waals surface area (Å²) in [6, 6.07) is 10.4. The summed E-state index contributed by atoms with van der Waals surface area (Å²) in [6.07, 6.45) is 3.08. The van der Waals surface area contributed by atoms with Crippen molar-refractivity contribution in [3.8, 4) is 0 Å². The maximum atomic E-state index is 13.5. The van der Waals surface area contributed by atoms with Crippen molar-refractivity contribution in [2.45, 2.75) is 37.1 Å². The summed E-state index contributed by atoms with van der Waals surface area (Å²) in [5.41, 5.74) is 1.06. The van der Waals surface area contributed by atoms with Gasteiger partial charge in [0.25, 0.3) is 0 Å². The van der Waals surface area contributed by atoms with E-state index in [0.717, 1.165) is 53.6 Å². The van der Waals surface area contributed by atoms with Crippen LogP contribution in [0.3, 0.4) is 0 Å². The Hall–Kier alpha value is -1.71. The molecule has 0 N–H and O–H groups in total. The van der Waals surface area contributed by atoms with E-state index in [-0.39, 0.29) is 35.4 Å². The van der Waals surface area contributed by atoms with Gasteiger partial charge in [-0.15, -0.1) is 23.7 Å². The van der Waals surface area contributed by atoms with Gasteiger partial charge in [-0.1, -0.05) is 23.7 Å². The molecule has 2 heterocycles. The first-order valence-electron chi connectivity index (χ1n) is 11.1. The fourth-order valence-corrected chi connectivity index (χ4v) is 6.93. The van der Waals surface area contributed by atoms with Crippen molar-refractivity contribution in [2.75, 3.05) is 25.9 Å². The molecule has 2 aromatic carbocycles. The van der Waals surface area contributed by atoms with E-state index in [1.54, 1.807) is 42.6 Å². The first-order chi connectivity index (χ1) is 15.7. The van der Waals surface area contributed by atoms with Gasteiger partial charge >= 0.3 is 5.91 Å². The number of sulfone groups is 1. The second-order valence-electron chi connectivity index (χ2n) is 8.72. The van der Waals surface area contributed by atoms with Crippen LogP contribution in [0.2, 0.25) is 5.02 Å². The molecule has 1 saturated heterocycles. The molecular formula is C24H30Cl2N3O3S2+. The maximum Gasteiger partial charge on any atom is 0.315 e. The lowest BCUT2D eigenvalue weighted by Crippen LogP contribution is -2.55. The predicted molar refractivity (Wildman–Crippen MR) is 140 cm³/mol. The largest absolute Gasteiger partial charge is 0.319 e. The molecule has 0 aliphatic carbocycles. The number of carbonyl (C=O) groups excluding carboxylic acids is 1. The number of hydrogen-bond donors (Lipinski definition) is 0. The van der Waals surface area contributed by atoms with Crippen molar-refractivity contribution in [1.29, 1.82) is 0 Å². The summed E-state index contributed by atoms with van der Waals surface area (Å²) < 4.78 is 28.5. The molecule has 1 fully saturated rings. The molecule has 6 nitrogen and oxygen atoms in total. The van der Waals surface area contributed by atoms with Gasteiger partial charge in [0.1, 0.15) is 6.54 Å². The topological polar surface area (TPSA) is 68.5 Å². The van der Waals surface area contributed by atoms with Crippen LogP contribution in [0, 0.1) is 0 Å². The van der Waals surface area contributed by atoms with E-state index < -0.39 is 9.84 Å². The Kier molecular flexibility index (Phi) is 8.63. The zero-order chi connectivity index (χ0) is 23.6. The third-order valence-corrected chi connectivity index (χ3v) is 9.60. The highest BCUT2D eigenvalue weighted by molar-refractivity contribution is 7.91. The number of fused-ring (bicyclic) bond motifs is 1. The number of piperidine rings is 1. The number of hydrogen-bond acceptors (Lipinski definition) is 5. The summed E-state index contributed by atoms with van der Waals surface area (Å²) in [7, 11) is 0.146. The van der Waals surface area contributed by atoms with Gasteiger partial charge in [-0.2, -0.15) is 0 Å². The number of nitrogens with zero attached hydrogens (tertiary/aromatic N) is 3. The summed E-state index contributed by atoms with van der Waals surface area (Å²) in [6.45, 7) is 2.09. The normalized spacial score (nSPS) is 16.4. The minimum atomic E-state index is -3.59. The monoisotopic (exact) mass is 542 g/mol.